The molecule has 0 radical (unpaired) electrons. The van der Waals surface area contributed by atoms with E-state index < -0.39 is 17.9 Å². The Hall–Kier alpha value is -3.67. The monoisotopic (exact) mass is 403 g/mol. The highest BCUT2D eigenvalue weighted by Gasteiger charge is 2.31. The van der Waals surface area contributed by atoms with Gasteiger partial charge >= 0.3 is 6.03 Å². The fourth-order valence-electron chi connectivity index (χ4n) is 3.70. The zero-order valence-corrected chi connectivity index (χ0v) is 16.3. The molecule has 0 saturated heterocycles. The van der Waals surface area contributed by atoms with Gasteiger partial charge in [-0.1, -0.05) is 54.6 Å². The molecule has 3 aromatic rings. The van der Waals surface area contributed by atoms with E-state index in [0.29, 0.717) is 18.7 Å². The number of hydrogen-bond acceptors (Lipinski definition) is 2. The zero-order valence-electron chi connectivity index (χ0n) is 16.3. The average Bonchev–Trinajstić information content (AvgIpc) is 3.18. The van der Waals surface area contributed by atoms with Crippen LogP contribution in [0, 0.1) is 5.82 Å². The van der Waals surface area contributed by atoms with Gasteiger partial charge in [-0.05, 0) is 41.8 Å². The Bertz CT molecular complexity index is 1060. The number of benzene rings is 3. The molecule has 30 heavy (non-hydrogen) atoms. The number of amides is 3. The van der Waals surface area contributed by atoms with E-state index in [4.69, 9.17) is 0 Å². The average molecular weight is 403 g/mol. The van der Waals surface area contributed by atoms with Crippen LogP contribution in [0.4, 0.5) is 20.6 Å². The number of halogens is 1. The van der Waals surface area contributed by atoms with Crippen molar-refractivity contribution in [2.45, 2.75) is 18.9 Å². The smallest absolute Gasteiger partial charge is 0.319 e. The minimum absolute atomic E-state index is 0.168. The molecule has 0 saturated carbocycles. The first kappa shape index (κ1) is 19.6. The summed E-state index contributed by atoms with van der Waals surface area (Å²) in [5, 5.41) is 5.38. The number of carbonyl (C=O) groups is 2. The second kappa shape index (κ2) is 8.78. The van der Waals surface area contributed by atoms with Crippen LogP contribution in [0.5, 0.6) is 0 Å². The molecule has 3 aromatic carbocycles. The van der Waals surface area contributed by atoms with Gasteiger partial charge in [-0.25, -0.2) is 9.18 Å². The fraction of sp³-hybridized carbons (Fsp3) is 0.167. The molecule has 4 rings (SSSR count). The maximum Gasteiger partial charge on any atom is 0.319 e. The summed E-state index contributed by atoms with van der Waals surface area (Å²) in [7, 11) is 0. The molecule has 1 unspecified atom stereocenters. The van der Waals surface area contributed by atoms with Crippen LogP contribution in [0.15, 0.2) is 78.9 Å². The lowest BCUT2D eigenvalue weighted by molar-refractivity contribution is -0.120. The Kier molecular flexibility index (Phi) is 5.75. The molecule has 6 heteroatoms. The lowest BCUT2D eigenvalue weighted by Gasteiger charge is -2.25. The van der Waals surface area contributed by atoms with E-state index >= 15 is 0 Å². The molecule has 2 N–H and O–H groups in total. The van der Waals surface area contributed by atoms with Crippen molar-refractivity contribution < 1.29 is 14.0 Å². The molecule has 0 spiro atoms. The molecule has 152 valence electrons. The molecule has 0 aromatic heterocycles. The second-order valence-corrected chi connectivity index (χ2v) is 7.22. The first-order valence-electron chi connectivity index (χ1n) is 9.86. The molecule has 0 fully saturated rings. The predicted molar refractivity (Wildman–Crippen MR) is 115 cm³/mol. The quantitative estimate of drug-likeness (QED) is 0.672. The molecule has 1 aliphatic rings. The van der Waals surface area contributed by atoms with Crippen LogP contribution in [-0.4, -0.2) is 24.5 Å². The van der Waals surface area contributed by atoms with Gasteiger partial charge in [0.15, 0.2) is 0 Å². The van der Waals surface area contributed by atoms with Gasteiger partial charge in [0.05, 0.1) is 0 Å². The molecular formula is C24H22FN3O2. The SMILES string of the molecule is O=C(Nc1cccc(F)c1)NC(Cc1ccccc1)C(=O)N1CCc2ccccc21. The summed E-state index contributed by atoms with van der Waals surface area (Å²) in [6.07, 6.45) is 1.14. The molecule has 3 amide bonds. The summed E-state index contributed by atoms with van der Waals surface area (Å²) in [5.74, 6) is -0.614. The van der Waals surface area contributed by atoms with E-state index in [-0.39, 0.29) is 5.91 Å². The number of urea groups is 1. The van der Waals surface area contributed by atoms with Crippen molar-refractivity contribution >= 4 is 23.3 Å². The number of nitrogens with one attached hydrogen (secondary N) is 2. The van der Waals surface area contributed by atoms with Gasteiger partial charge in [-0.2, -0.15) is 0 Å². The summed E-state index contributed by atoms with van der Waals surface area (Å²) >= 11 is 0. The number of nitrogens with zero attached hydrogens (tertiary/aromatic N) is 1. The van der Waals surface area contributed by atoms with Crippen molar-refractivity contribution in [1.82, 2.24) is 5.32 Å². The van der Waals surface area contributed by atoms with Crippen LogP contribution in [0.25, 0.3) is 0 Å². The minimum atomic E-state index is -0.757. The molecule has 5 nitrogen and oxygen atoms in total. The van der Waals surface area contributed by atoms with E-state index in [0.717, 1.165) is 23.2 Å². The Labute approximate surface area is 174 Å². The van der Waals surface area contributed by atoms with Crippen molar-refractivity contribution in [3.63, 3.8) is 0 Å². The van der Waals surface area contributed by atoms with Gasteiger partial charge in [0, 0.05) is 24.3 Å². The largest absolute Gasteiger partial charge is 0.326 e. The van der Waals surface area contributed by atoms with Gasteiger partial charge in [0.25, 0.3) is 0 Å². The molecule has 1 heterocycles. The lowest BCUT2D eigenvalue weighted by Crippen LogP contribution is -2.50. The highest BCUT2D eigenvalue weighted by atomic mass is 19.1. The standard InChI is InChI=1S/C24H22FN3O2/c25-19-10-6-11-20(16-19)26-24(30)27-21(15-17-7-2-1-3-8-17)23(29)28-14-13-18-9-4-5-12-22(18)28/h1-12,16,21H,13-15H2,(H2,26,27,30). The predicted octanol–water partition coefficient (Wildman–Crippen LogP) is 4.15. The van der Waals surface area contributed by atoms with Crippen molar-refractivity contribution in [2.75, 3.05) is 16.8 Å². The lowest BCUT2D eigenvalue weighted by atomic mass is 10.0. The van der Waals surface area contributed by atoms with Crippen molar-refractivity contribution in [1.29, 1.82) is 0 Å². The summed E-state index contributed by atoms with van der Waals surface area (Å²) in [4.78, 5) is 27.7. The van der Waals surface area contributed by atoms with Gasteiger partial charge < -0.3 is 15.5 Å². The summed E-state index contributed by atoms with van der Waals surface area (Å²) < 4.78 is 13.4. The molecular weight excluding hydrogens is 381 g/mol. The van der Waals surface area contributed by atoms with Crippen LogP contribution in [0.2, 0.25) is 0 Å². The van der Waals surface area contributed by atoms with Crippen molar-refractivity contribution in [3.05, 3.63) is 95.8 Å². The topological polar surface area (TPSA) is 61.4 Å². The first-order valence-corrected chi connectivity index (χ1v) is 9.86. The van der Waals surface area contributed by atoms with Gasteiger partial charge in [-0.15, -0.1) is 0 Å². The van der Waals surface area contributed by atoms with E-state index in [1.807, 2.05) is 54.6 Å². The zero-order chi connectivity index (χ0) is 20.9. The Morgan fingerprint density at radius 3 is 2.53 bits per heavy atom. The highest BCUT2D eigenvalue weighted by molar-refractivity contribution is 6.02. The Balaban J connectivity index is 1.53. The third kappa shape index (κ3) is 4.49. The normalized spacial score (nSPS) is 13.4. The van der Waals surface area contributed by atoms with Crippen molar-refractivity contribution in [3.8, 4) is 0 Å². The minimum Gasteiger partial charge on any atom is -0.326 e. The summed E-state index contributed by atoms with van der Waals surface area (Å²) in [5.41, 5.74) is 3.26. The third-order valence-electron chi connectivity index (χ3n) is 5.12. The van der Waals surface area contributed by atoms with Gasteiger partial charge in [0.2, 0.25) is 5.91 Å². The molecule has 1 aliphatic heterocycles. The number of para-hydroxylation sites is 1. The maximum atomic E-state index is 13.4. The summed E-state index contributed by atoms with van der Waals surface area (Å²) in [6.45, 7) is 0.580. The highest BCUT2D eigenvalue weighted by Crippen LogP contribution is 2.28. The van der Waals surface area contributed by atoms with Gasteiger partial charge in [-0.3, -0.25) is 4.79 Å². The molecule has 1 atom stereocenters. The Morgan fingerprint density at radius 2 is 1.73 bits per heavy atom. The third-order valence-corrected chi connectivity index (χ3v) is 5.12. The number of carbonyl (C=O) groups excluding carboxylic acids is 2. The van der Waals surface area contributed by atoms with Crippen LogP contribution in [0.1, 0.15) is 11.1 Å². The fourth-order valence-corrected chi connectivity index (χ4v) is 3.70. The summed E-state index contributed by atoms with van der Waals surface area (Å²) in [6, 6.07) is 21.7. The number of hydrogen-bond donors (Lipinski definition) is 2. The van der Waals surface area contributed by atoms with Crippen LogP contribution < -0.4 is 15.5 Å². The number of rotatable bonds is 5. The Morgan fingerprint density at radius 1 is 0.967 bits per heavy atom. The maximum absolute atomic E-state index is 13.4. The van der Waals surface area contributed by atoms with Crippen molar-refractivity contribution in [2.24, 2.45) is 0 Å². The van der Waals surface area contributed by atoms with Crippen LogP contribution in [0.3, 0.4) is 0 Å². The first-order chi connectivity index (χ1) is 14.6. The van der Waals surface area contributed by atoms with E-state index in [1.165, 1.54) is 18.2 Å². The van der Waals surface area contributed by atoms with E-state index in [9.17, 15) is 14.0 Å². The van der Waals surface area contributed by atoms with Crippen LogP contribution >= 0.6 is 0 Å². The number of fused-ring (bicyclic) bond motifs is 1. The number of anilines is 2. The molecule has 0 aliphatic carbocycles. The van der Waals surface area contributed by atoms with E-state index in [1.54, 1.807) is 11.0 Å². The van der Waals surface area contributed by atoms with Crippen LogP contribution in [-0.2, 0) is 17.6 Å². The second-order valence-electron chi connectivity index (χ2n) is 7.22. The van der Waals surface area contributed by atoms with E-state index in [2.05, 4.69) is 10.6 Å². The van der Waals surface area contributed by atoms with Gasteiger partial charge in [0.1, 0.15) is 11.9 Å². The molecule has 0 bridgehead atoms.